The number of carbonyl (C=O) groups is 1. The average Bonchev–Trinajstić information content (AvgIpc) is 3.44. The van der Waals surface area contributed by atoms with Crippen LogP contribution in [0.5, 0.6) is 0 Å². The molecule has 188 valence electrons. The van der Waals surface area contributed by atoms with Crippen LogP contribution in [0.4, 0.5) is 0 Å². The van der Waals surface area contributed by atoms with Gasteiger partial charge in [0.25, 0.3) is 0 Å². The first-order valence-corrected chi connectivity index (χ1v) is 12.9. The van der Waals surface area contributed by atoms with Gasteiger partial charge in [0.2, 0.25) is 0 Å². The van der Waals surface area contributed by atoms with Crippen LogP contribution in [0.2, 0.25) is 0 Å². The summed E-state index contributed by atoms with van der Waals surface area (Å²) >= 11 is 0. The molecule has 1 aromatic carbocycles. The molecule has 0 fully saturated rings. The van der Waals surface area contributed by atoms with Crippen LogP contribution in [-0.2, 0) is 14.3 Å². The Morgan fingerprint density at radius 2 is 1.89 bits per heavy atom. The van der Waals surface area contributed by atoms with Gasteiger partial charge >= 0.3 is 5.97 Å². The zero-order chi connectivity index (χ0) is 25.5. The molecule has 1 aliphatic carbocycles. The maximum absolute atomic E-state index is 12.0. The van der Waals surface area contributed by atoms with E-state index in [1.54, 1.807) is 0 Å². The van der Waals surface area contributed by atoms with Gasteiger partial charge in [-0.15, -0.1) is 0 Å². The summed E-state index contributed by atoms with van der Waals surface area (Å²) in [5, 5.41) is 0. The molecule has 3 aromatic heterocycles. The van der Waals surface area contributed by atoms with Crippen molar-refractivity contribution in [2.75, 3.05) is 6.61 Å². The van der Waals surface area contributed by atoms with Crippen LogP contribution in [0, 0.1) is 12.8 Å². The lowest BCUT2D eigenvalue weighted by Crippen LogP contribution is -2.19. The molecule has 7 heteroatoms. The van der Waals surface area contributed by atoms with Crippen LogP contribution in [0.15, 0.2) is 61.1 Å². The molecule has 3 atom stereocenters. The minimum atomic E-state index is -0.160. The Balaban J connectivity index is 1.28. The maximum atomic E-state index is 12.0. The van der Waals surface area contributed by atoms with E-state index in [-0.39, 0.29) is 24.1 Å². The van der Waals surface area contributed by atoms with Crippen molar-refractivity contribution in [3.63, 3.8) is 0 Å². The van der Waals surface area contributed by atoms with Crippen LogP contribution in [0.3, 0.4) is 0 Å². The molecule has 0 saturated heterocycles. The predicted molar refractivity (Wildman–Crippen MR) is 141 cm³/mol. The lowest BCUT2D eigenvalue weighted by molar-refractivity contribution is -0.148. The van der Waals surface area contributed by atoms with Crippen LogP contribution in [0.25, 0.3) is 22.3 Å². The first-order valence-electron chi connectivity index (χ1n) is 12.9. The van der Waals surface area contributed by atoms with Crippen molar-refractivity contribution >= 4 is 17.2 Å². The van der Waals surface area contributed by atoms with E-state index < -0.39 is 0 Å². The molecular formula is C30H30N4O3. The van der Waals surface area contributed by atoms with Gasteiger partial charge in [0.15, 0.2) is 5.82 Å². The summed E-state index contributed by atoms with van der Waals surface area (Å²) in [4.78, 5) is 26.2. The van der Waals surface area contributed by atoms with Crippen LogP contribution < -0.4 is 0 Å². The van der Waals surface area contributed by atoms with Crippen molar-refractivity contribution in [3.8, 4) is 11.1 Å². The number of aromatic nitrogens is 4. The summed E-state index contributed by atoms with van der Waals surface area (Å²) in [6, 6.07) is 12.5. The molecular weight excluding hydrogens is 464 g/mol. The maximum Gasteiger partial charge on any atom is 0.309 e. The Morgan fingerprint density at radius 3 is 2.62 bits per heavy atom. The number of nitrogens with zero attached hydrogens (tertiary/aromatic N) is 4. The summed E-state index contributed by atoms with van der Waals surface area (Å²) < 4.78 is 13.7. The Labute approximate surface area is 216 Å². The van der Waals surface area contributed by atoms with E-state index in [0.717, 1.165) is 52.4 Å². The number of pyridine rings is 1. The molecule has 0 amide bonds. The van der Waals surface area contributed by atoms with Gasteiger partial charge in [-0.25, -0.2) is 15.0 Å². The normalized spacial score (nSPS) is 21.1. The van der Waals surface area contributed by atoms with E-state index in [0.29, 0.717) is 13.0 Å². The zero-order valence-corrected chi connectivity index (χ0v) is 21.3. The van der Waals surface area contributed by atoms with Gasteiger partial charge in [-0.2, -0.15) is 0 Å². The number of benzene rings is 1. The topological polar surface area (TPSA) is 78.6 Å². The van der Waals surface area contributed by atoms with Gasteiger partial charge in [0, 0.05) is 29.7 Å². The highest BCUT2D eigenvalue weighted by atomic mass is 16.5. The number of hydrogen-bond donors (Lipinski definition) is 0. The summed E-state index contributed by atoms with van der Waals surface area (Å²) in [5.41, 5.74) is 8.36. The second-order valence-corrected chi connectivity index (χ2v) is 9.76. The van der Waals surface area contributed by atoms with Crippen molar-refractivity contribution in [2.45, 2.75) is 52.2 Å². The van der Waals surface area contributed by atoms with Crippen LogP contribution >= 0.6 is 0 Å². The molecule has 1 aliphatic heterocycles. The number of aryl methyl sites for hydroxylation is 1. The van der Waals surface area contributed by atoms with Gasteiger partial charge in [0.1, 0.15) is 11.8 Å². The van der Waals surface area contributed by atoms with E-state index in [1.807, 2.05) is 32.3 Å². The Bertz CT molecular complexity index is 1510. The molecule has 0 bridgehead atoms. The molecule has 0 saturated carbocycles. The Morgan fingerprint density at radius 1 is 1.11 bits per heavy atom. The van der Waals surface area contributed by atoms with E-state index in [9.17, 15) is 4.79 Å². The Hall–Kier alpha value is -3.84. The largest absolute Gasteiger partial charge is 0.466 e. The first-order chi connectivity index (χ1) is 18.0. The number of hydrogen-bond acceptors (Lipinski definition) is 6. The fraction of sp³-hybridized carbons (Fsp3) is 0.333. The monoisotopic (exact) mass is 494 g/mol. The smallest absolute Gasteiger partial charge is 0.309 e. The Kier molecular flexibility index (Phi) is 6.08. The second-order valence-electron chi connectivity index (χ2n) is 9.76. The van der Waals surface area contributed by atoms with Crippen molar-refractivity contribution in [3.05, 3.63) is 89.4 Å². The molecule has 4 heterocycles. The molecule has 1 unspecified atom stereocenters. The standard InChI is InChI=1S/C30H30N4O3/c1-4-36-30(35)21-11-9-20(10-12-21)29-31-15-23(16-32-29)22-13-14-26-33-18(2)27(34(26)17-22)28-25-8-6-5-7-24(25)19(3)37-28/h5-9,13-17,19,21,28H,4,10-12H2,1-3H3/t19-,21?,28-/m0/s1. The summed E-state index contributed by atoms with van der Waals surface area (Å²) in [6.45, 7) is 6.40. The SMILES string of the molecule is CCOC(=O)C1CC=C(c2ncc(-c3ccc4nc(C)c([C@H]5O[C@@H](C)c6ccccc65)n4c3)cn2)CC1. The number of esters is 1. The number of allylic oxidation sites excluding steroid dienone is 2. The molecule has 6 rings (SSSR count). The highest BCUT2D eigenvalue weighted by molar-refractivity contribution is 5.75. The molecule has 0 radical (unpaired) electrons. The van der Waals surface area contributed by atoms with Crippen molar-refractivity contribution in [1.82, 2.24) is 19.4 Å². The van der Waals surface area contributed by atoms with E-state index in [2.05, 4.69) is 63.9 Å². The highest BCUT2D eigenvalue weighted by Crippen LogP contribution is 2.43. The molecule has 2 aliphatic rings. The molecule has 37 heavy (non-hydrogen) atoms. The number of carbonyl (C=O) groups excluding carboxylic acids is 1. The third-order valence-corrected chi connectivity index (χ3v) is 7.45. The molecule has 0 spiro atoms. The summed E-state index contributed by atoms with van der Waals surface area (Å²) in [7, 11) is 0. The minimum Gasteiger partial charge on any atom is -0.466 e. The van der Waals surface area contributed by atoms with E-state index in [4.69, 9.17) is 14.5 Å². The van der Waals surface area contributed by atoms with Gasteiger partial charge < -0.3 is 13.9 Å². The summed E-state index contributed by atoms with van der Waals surface area (Å²) in [6.07, 6.45) is 10.00. The van der Waals surface area contributed by atoms with E-state index in [1.165, 1.54) is 11.1 Å². The first kappa shape index (κ1) is 23.6. The predicted octanol–water partition coefficient (Wildman–Crippen LogP) is 6.03. The van der Waals surface area contributed by atoms with Crippen LogP contribution in [0.1, 0.15) is 73.7 Å². The second kappa shape index (κ2) is 9.56. The minimum absolute atomic E-state index is 0.0388. The molecule has 7 nitrogen and oxygen atoms in total. The number of imidazole rings is 1. The highest BCUT2D eigenvalue weighted by Gasteiger charge is 2.33. The summed E-state index contributed by atoms with van der Waals surface area (Å²) in [5.74, 6) is 0.539. The number of fused-ring (bicyclic) bond motifs is 2. The van der Waals surface area contributed by atoms with Gasteiger partial charge in [0.05, 0.1) is 30.0 Å². The van der Waals surface area contributed by atoms with Crippen molar-refractivity contribution in [2.24, 2.45) is 5.92 Å². The number of rotatable bonds is 5. The average molecular weight is 495 g/mol. The van der Waals surface area contributed by atoms with Gasteiger partial charge in [-0.3, -0.25) is 4.79 Å². The fourth-order valence-corrected chi connectivity index (χ4v) is 5.50. The zero-order valence-electron chi connectivity index (χ0n) is 21.3. The van der Waals surface area contributed by atoms with E-state index >= 15 is 0 Å². The lowest BCUT2D eigenvalue weighted by atomic mass is 9.89. The fourth-order valence-electron chi connectivity index (χ4n) is 5.50. The van der Waals surface area contributed by atoms with Crippen LogP contribution in [-0.4, -0.2) is 31.9 Å². The third kappa shape index (κ3) is 4.23. The lowest BCUT2D eigenvalue weighted by Gasteiger charge is -2.19. The quantitative estimate of drug-likeness (QED) is 0.315. The number of ether oxygens (including phenoxy) is 2. The molecule has 4 aromatic rings. The molecule has 0 N–H and O–H groups in total. The van der Waals surface area contributed by atoms with Gasteiger partial charge in [-0.1, -0.05) is 30.3 Å². The third-order valence-electron chi connectivity index (χ3n) is 7.45. The van der Waals surface area contributed by atoms with Crippen molar-refractivity contribution in [1.29, 1.82) is 0 Å². The van der Waals surface area contributed by atoms with Gasteiger partial charge in [-0.05, 0) is 68.9 Å². The van der Waals surface area contributed by atoms with Crippen molar-refractivity contribution < 1.29 is 14.3 Å².